The fourth-order valence-corrected chi connectivity index (χ4v) is 2.03. The first kappa shape index (κ1) is 15.1. The number of para-hydroxylation sites is 1. The standard InChI is InChI=1S/C16H21N3O2/c1-18(14-6-4-3-5-7-14)8-9-19(2)16(20)13-10-15(11-17)21-12-13/h3-7,10,12H,8-9,11,17H2,1-2H3. The van der Waals surface area contributed by atoms with Gasteiger partial charge in [0.1, 0.15) is 12.0 Å². The van der Waals surface area contributed by atoms with Gasteiger partial charge in [-0.2, -0.15) is 0 Å². The molecule has 5 heteroatoms. The van der Waals surface area contributed by atoms with Crippen molar-refractivity contribution in [2.45, 2.75) is 6.54 Å². The molecule has 112 valence electrons. The summed E-state index contributed by atoms with van der Waals surface area (Å²) >= 11 is 0. The monoisotopic (exact) mass is 287 g/mol. The van der Waals surface area contributed by atoms with Gasteiger partial charge in [-0.05, 0) is 18.2 Å². The molecule has 0 aliphatic rings. The van der Waals surface area contributed by atoms with Crippen LogP contribution in [0.25, 0.3) is 0 Å². The Morgan fingerprint density at radius 1 is 1.19 bits per heavy atom. The third-order valence-corrected chi connectivity index (χ3v) is 3.42. The van der Waals surface area contributed by atoms with Gasteiger partial charge < -0.3 is 20.0 Å². The van der Waals surface area contributed by atoms with E-state index in [2.05, 4.69) is 4.90 Å². The number of amides is 1. The average Bonchev–Trinajstić information content (AvgIpc) is 3.01. The summed E-state index contributed by atoms with van der Waals surface area (Å²) in [6.45, 7) is 1.69. The maximum absolute atomic E-state index is 12.2. The number of nitrogens with zero attached hydrogens (tertiary/aromatic N) is 2. The molecule has 0 aliphatic heterocycles. The summed E-state index contributed by atoms with van der Waals surface area (Å²) in [5, 5.41) is 0. The van der Waals surface area contributed by atoms with Crippen LogP contribution in [0.4, 0.5) is 5.69 Å². The van der Waals surface area contributed by atoms with Crippen LogP contribution in [-0.4, -0.2) is 38.0 Å². The van der Waals surface area contributed by atoms with Crippen LogP contribution in [0, 0.1) is 0 Å². The molecule has 0 radical (unpaired) electrons. The zero-order valence-corrected chi connectivity index (χ0v) is 12.5. The molecule has 2 aromatic rings. The normalized spacial score (nSPS) is 10.4. The number of carbonyl (C=O) groups is 1. The van der Waals surface area contributed by atoms with E-state index in [4.69, 9.17) is 10.2 Å². The molecule has 0 atom stereocenters. The molecule has 1 heterocycles. The summed E-state index contributed by atoms with van der Waals surface area (Å²) in [6.07, 6.45) is 1.46. The lowest BCUT2D eigenvalue weighted by Gasteiger charge is -2.23. The molecule has 0 fully saturated rings. The van der Waals surface area contributed by atoms with Crippen LogP contribution in [0.3, 0.4) is 0 Å². The second-order valence-corrected chi connectivity index (χ2v) is 4.99. The first-order chi connectivity index (χ1) is 10.1. The molecule has 2 rings (SSSR count). The number of hydrogen-bond acceptors (Lipinski definition) is 4. The van der Waals surface area contributed by atoms with Crippen molar-refractivity contribution in [1.29, 1.82) is 0 Å². The SMILES string of the molecule is CN(CCN(C)c1ccccc1)C(=O)c1coc(CN)c1. The highest BCUT2D eigenvalue weighted by atomic mass is 16.3. The van der Waals surface area contributed by atoms with E-state index < -0.39 is 0 Å². The number of anilines is 1. The maximum Gasteiger partial charge on any atom is 0.256 e. The summed E-state index contributed by atoms with van der Waals surface area (Å²) in [6, 6.07) is 11.8. The predicted molar refractivity (Wildman–Crippen MR) is 83.3 cm³/mol. The maximum atomic E-state index is 12.2. The fraction of sp³-hybridized carbons (Fsp3) is 0.312. The molecule has 2 N–H and O–H groups in total. The van der Waals surface area contributed by atoms with Gasteiger partial charge in [0.2, 0.25) is 0 Å². The van der Waals surface area contributed by atoms with E-state index >= 15 is 0 Å². The molecule has 0 saturated heterocycles. The Kier molecular flexibility index (Phi) is 5.00. The third-order valence-electron chi connectivity index (χ3n) is 3.42. The zero-order chi connectivity index (χ0) is 15.2. The van der Waals surface area contributed by atoms with E-state index in [-0.39, 0.29) is 5.91 Å². The van der Waals surface area contributed by atoms with Crippen LogP contribution >= 0.6 is 0 Å². The first-order valence-electron chi connectivity index (χ1n) is 6.91. The van der Waals surface area contributed by atoms with Gasteiger partial charge in [-0.25, -0.2) is 0 Å². The third kappa shape index (κ3) is 3.86. The Morgan fingerprint density at radius 2 is 1.90 bits per heavy atom. The Bertz CT molecular complexity index is 580. The van der Waals surface area contributed by atoms with Crippen LogP contribution in [0.1, 0.15) is 16.1 Å². The molecule has 1 aromatic heterocycles. The van der Waals surface area contributed by atoms with Gasteiger partial charge in [-0.1, -0.05) is 18.2 Å². The van der Waals surface area contributed by atoms with Crippen molar-refractivity contribution in [2.24, 2.45) is 5.73 Å². The van der Waals surface area contributed by atoms with Crippen LogP contribution < -0.4 is 10.6 Å². The number of benzene rings is 1. The highest BCUT2D eigenvalue weighted by Gasteiger charge is 2.15. The lowest BCUT2D eigenvalue weighted by atomic mass is 10.2. The smallest absolute Gasteiger partial charge is 0.256 e. The van der Waals surface area contributed by atoms with Crippen molar-refractivity contribution < 1.29 is 9.21 Å². The number of carbonyl (C=O) groups excluding carboxylic acids is 1. The topological polar surface area (TPSA) is 62.7 Å². The van der Waals surface area contributed by atoms with Gasteiger partial charge in [0, 0.05) is 32.9 Å². The molecule has 1 amide bonds. The van der Waals surface area contributed by atoms with Gasteiger partial charge in [0.05, 0.1) is 12.1 Å². The Labute approximate surface area is 124 Å². The molecule has 0 aliphatic carbocycles. The Hall–Kier alpha value is -2.27. The van der Waals surface area contributed by atoms with Crippen molar-refractivity contribution >= 4 is 11.6 Å². The summed E-state index contributed by atoms with van der Waals surface area (Å²) in [4.78, 5) is 16.0. The van der Waals surface area contributed by atoms with E-state index in [9.17, 15) is 4.79 Å². The Balaban J connectivity index is 1.89. The summed E-state index contributed by atoms with van der Waals surface area (Å²) in [5.74, 6) is 0.563. The number of nitrogens with two attached hydrogens (primary N) is 1. The van der Waals surface area contributed by atoms with Gasteiger partial charge in [-0.3, -0.25) is 4.79 Å². The van der Waals surface area contributed by atoms with Crippen molar-refractivity contribution in [1.82, 2.24) is 4.90 Å². The van der Waals surface area contributed by atoms with E-state index in [1.54, 1.807) is 18.0 Å². The van der Waals surface area contributed by atoms with Crippen LogP contribution in [0.2, 0.25) is 0 Å². The minimum absolute atomic E-state index is 0.0556. The lowest BCUT2D eigenvalue weighted by molar-refractivity contribution is 0.0798. The largest absolute Gasteiger partial charge is 0.467 e. The van der Waals surface area contributed by atoms with Gasteiger partial charge in [0.15, 0.2) is 0 Å². The summed E-state index contributed by atoms with van der Waals surface area (Å²) in [5.41, 5.74) is 7.15. The highest BCUT2D eigenvalue weighted by Crippen LogP contribution is 2.12. The highest BCUT2D eigenvalue weighted by molar-refractivity contribution is 5.93. The molecule has 1 aromatic carbocycles. The number of furan rings is 1. The molecule has 5 nitrogen and oxygen atoms in total. The molecule has 0 spiro atoms. The lowest BCUT2D eigenvalue weighted by Crippen LogP contribution is -2.34. The van der Waals surface area contributed by atoms with E-state index in [0.29, 0.717) is 24.4 Å². The van der Waals surface area contributed by atoms with Crippen molar-refractivity contribution in [3.63, 3.8) is 0 Å². The second-order valence-electron chi connectivity index (χ2n) is 4.99. The molecule has 0 bridgehead atoms. The summed E-state index contributed by atoms with van der Waals surface area (Å²) in [7, 11) is 3.80. The number of hydrogen-bond donors (Lipinski definition) is 1. The first-order valence-corrected chi connectivity index (χ1v) is 6.91. The van der Waals surface area contributed by atoms with Crippen molar-refractivity contribution in [2.75, 3.05) is 32.1 Å². The van der Waals surface area contributed by atoms with Crippen molar-refractivity contribution in [3.8, 4) is 0 Å². The van der Waals surface area contributed by atoms with Gasteiger partial charge >= 0.3 is 0 Å². The molecule has 21 heavy (non-hydrogen) atoms. The van der Waals surface area contributed by atoms with E-state index in [1.165, 1.54) is 6.26 Å². The minimum atomic E-state index is -0.0556. The summed E-state index contributed by atoms with van der Waals surface area (Å²) < 4.78 is 5.20. The predicted octanol–water partition coefficient (Wildman–Crippen LogP) is 1.95. The molecular formula is C16H21N3O2. The minimum Gasteiger partial charge on any atom is -0.467 e. The van der Waals surface area contributed by atoms with E-state index in [0.717, 1.165) is 12.2 Å². The molecule has 0 unspecified atom stereocenters. The fourth-order valence-electron chi connectivity index (χ4n) is 2.03. The van der Waals surface area contributed by atoms with E-state index in [1.807, 2.05) is 37.4 Å². The van der Waals surface area contributed by atoms with Gasteiger partial charge in [-0.15, -0.1) is 0 Å². The average molecular weight is 287 g/mol. The van der Waals surface area contributed by atoms with Crippen molar-refractivity contribution in [3.05, 3.63) is 54.0 Å². The van der Waals surface area contributed by atoms with Crippen LogP contribution in [0.15, 0.2) is 47.1 Å². The number of rotatable bonds is 6. The quantitative estimate of drug-likeness (QED) is 0.882. The Morgan fingerprint density at radius 3 is 2.52 bits per heavy atom. The zero-order valence-electron chi connectivity index (χ0n) is 12.5. The number of likely N-dealkylation sites (N-methyl/N-ethyl adjacent to an activating group) is 2. The van der Waals surface area contributed by atoms with Gasteiger partial charge in [0.25, 0.3) is 5.91 Å². The molecular weight excluding hydrogens is 266 g/mol. The molecule has 0 saturated carbocycles. The van der Waals surface area contributed by atoms with Crippen LogP contribution in [0.5, 0.6) is 0 Å². The van der Waals surface area contributed by atoms with Crippen LogP contribution in [-0.2, 0) is 6.54 Å². The second kappa shape index (κ2) is 6.95.